The number of benzene rings is 1. The predicted octanol–water partition coefficient (Wildman–Crippen LogP) is 3.43. The van der Waals surface area contributed by atoms with E-state index in [0.29, 0.717) is 15.3 Å². The van der Waals surface area contributed by atoms with Crippen molar-refractivity contribution in [2.24, 2.45) is 0 Å². The van der Waals surface area contributed by atoms with Crippen molar-refractivity contribution >= 4 is 26.7 Å². The zero-order valence-corrected chi connectivity index (χ0v) is 10.4. The lowest BCUT2D eigenvalue weighted by Crippen LogP contribution is -2.20. The Morgan fingerprint density at radius 2 is 2.11 bits per heavy atom. The molecule has 0 atom stereocenters. The fraction of sp³-hybridized carbons (Fsp3) is 0.364. The van der Waals surface area contributed by atoms with Crippen LogP contribution >= 0.6 is 11.3 Å². The molecule has 0 aliphatic heterocycles. The van der Waals surface area contributed by atoms with E-state index in [0.717, 1.165) is 0 Å². The monoisotopic (exact) mass is 294 g/mol. The standard InChI is InChI=1S/C11H10F4N2OS/c12-7-1-2-8-9(5-7)19-10(17-8)16-3-4-18-6-11(13,14)15/h1-2,5H,3-4,6H2,(H,16,17). The highest BCUT2D eigenvalue weighted by Crippen LogP contribution is 2.26. The van der Waals surface area contributed by atoms with Gasteiger partial charge in [-0.2, -0.15) is 13.2 Å². The number of hydrogen-bond donors (Lipinski definition) is 1. The van der Waals surface area contributed by atoms with Crippen molar-refractivity contribution in [2.45, 2.75) is 6.18 Å². The molecule has 0 unspecified atom stereocenters. The van der Waals surface area contributed by atoms with Gasteiger partial charge in [0.05, 0.1) is 16.8 Å². The zero-order chi connectivity index (χ0) is 13.9. The smallest absolute Gasteiger partial charge is 0.370 e. The van der Waals surface area contributed by atoms with Gasteiger partial charge >= 0.3 is 6.18 Å². The van der Waals surface area contributed by atoms with Crippen LogP contribution in [0.3, 0.4) is 0 Å². The van der Waals surface area contributed by atoms with Crippen molar-refractivity contribution in [1.29, 1.82) is 0 Å². The van der Waals surface area contributed by atoms with Crippen molar-refractivity contribution in [1.82, 2.24) is 4.98 Å². The molecule has 0 aliphatic rings. The molecule has 2 rings (SSSR count). The fourth-order valence-electron chi connectivity index (χ4n) is 1.39. The number of anilines is 1. The van der Waals surface area contributed by atoms with Gasteiger partial charge in [0.2, 0.25) is 0 Å². The number of ether oxygens (including phenoxy) is 1. The van der Waals surface area contributed by atoms with E-state index in [1.165, 1.54) is 23.5 Å². The number of halogens is 4. The largest absolute Gasteiger partial charge is 0.411 e. The van der Waals surface area contributed by atoms with E-state index in [9.17, 15) is 17.6 Å². The van der Waals surface area contributed by atoms with E-state index < -0.39 is 12.8 Å². The summed E-state index contributed by atoms with van der Waals surface area (Å²) in [5, 5.41) is 3.36. The lowest BCUT2D eigenvalue weighted by molar-refractivity contribution is -0.172. The van der Waals surface area contributed by atoms with E-state index in [-0.39, 0.29) is 19.0 Å². The van der Waals surface area contributed by atoms with Crippen molar-refractivity contribution in [2.75, 3.05) is 25.1 Å². The molecule has 1 heterocycles. The van der Waals surface area contributed by atoms with Crippen LogP contribution in [-0.2, 0) is 4.74 Å². The number of aromatic nitrogens is 1. The maximum absolute atomic E-state index is 12.9. The van der Waals surface area contributed by atoms with Crippen molar-refractivity contribution in [3.8, 4) is 0 Å². The minimum absolute atomic E-state index is 0.0796. The molecular formula is C11H10F4N2OS. The summed E-state index contributed by atoms with van der Waals surface area (Å²) in [5.41, 5.74) is 0.644. The number of thiazole rings is 1. The Bertz CT molecular complexity index is 555. The van der Waals surface area contributed by atoms with Crippen LogP contribution in [0.5, 0.6) is 0 Å². The van der Waals surface area contributed by atoms with Crippen LogP contribution in [-0.4, -0.2) is 30.9 Å². The van der Waals surface area contributed by atoms with E-state index >= 15 is 0 Å². The van der Waals surface area contributed by atoms with E-state index in [2.05, 4.69) is 15.0 Å². The van der Waals surface area contributed by atoms with Gasteiger partial charge < -0.3 is 10.1 Å². The summed E-state index contributed by atoms with van der Waals surface area (Å²) in [6, 6.07) is 4.21. The summed E-state index contributed by atoms with van der Waals surface area (Å²) in [5.74, 6) is -0.351. The summed E-state index contributed by atoms with van der Waals surface area (Å²) in [6.45, 7) is -1.14. The average Bonchev–Trinajstić information content (AvgIpc) is 2.68. The third kappa shape index (κ3) is 4.32. The van der Waals surface area contributed by atoms with E-state index in [1.807, 2.05) is 0 Å². The Morgan fingerprint density at radius 3 is 2.84 bits per heavy atom. The highest BCUT2D eigenvalue weighted by Gasteiger charge is 2.27. The second kappa shape index (κ2) is 5.70. The first-order valence-corrected chi connectivity index (χ1v) is 6.20. The van der Waals surface area contributed by atoms with Gasteiger partial charge in [-0.05, 0) is 18.2 Å². The quantitative estimate of drug-likeness (QED) is 0.677. The number of hydrogen-bond acceptors (Lipinski definition) is 4. The molecule has 0 radical (unpaired) electrons. The van der Waals surface area contributed by atoms with Crippen LogP contribution in [0.1, 0.15) is 0 Å². The molecule has 0 amide bonds. The molecule has 8 heteroatoms. The molecule has 1 aromatic carbocycles. The van der Waals surface area contributed by atoms with Crippen molar-refractivity contribution in [3.63, 3.8) is 0 Å². The molecule has 0 bridgehead atoms. The Kier molecular flexibility index (Phi) is 4.20. The van der Waals surface area contributed by atoms with E-state index in [4.69, 9.17) is 0 Å². The molecule has 19 heavy (non-hydrogen) atoms. The van der Waals surface area contributed by atoms with Gasteiger partial charge in [0, 0.05) is 6.54 Å². The van der Waals surface area contributed by atoms with Gasteiger partial charge in [0.1, 0.15) is 12.4 Å². The first kappa shape index (κ1) is 14.0. The molecule has 0 aliphatic carbocycles. The highest BCUT2D eigenvalue weighted by molar-refractivity contribution is 7.22. The first-order valence-electron chi connectivity index (χ1n) is 5.38. The summed E-state index contributed by atoms with van der Waals surface area (Å²) in [6.07, 6.45) is -4.31. The molecular weight excluding hydrogens is 284 g/mol. The molecule has 0 spiro atoms. The number of fused-ring (bicyclic) bond motifs is 1. The summed E-state index contributed by atoms with van der Waals surface area (Å²) >= 11 is 1.24. The number of nitrogens with one attached hydrogen (secondary N) is 1. The van der Waals surface area contributed by atoms with E-state index in [1.54, 1.807) is 6.07 Å². The summed E-state index contributed by atoms with van der Waals surface area (Å²) < 4.78 is 53.4. The van der Waals surface area contributed by atoms with Crippen LogP contribution in [0.25, 0.3) is 10.2 Å². The second-order valence-electron chi connectivity index (χ2n) is 3.73. The Hall–Kier alpha value is -1.41. The van der Waals surface area contributed by atoms with Gasteiger partial charge in [-0.15, -0.1) is 0 Å². The molecule has 0 saturated heterocycles. The lowest BCUT2D eigenvalue weighted by Gasteiger charge is -2.07. The lowest BCUT2D eigenvalue weighted by atomic mass is 10.3. The van der Waals surface area contributed by atoms with Crippen LogP contribution in [0.4, 0.5) is 22.7 Å². The maximum Gasteiger partial charge on any atom is 0.411 e. The topological polar surface area (TPSA) is 34.2 Å². The third-order valence-corrected chi connectivity index (χ3v) is 3.11. The predicted molar refractivity (Wildman–Crippen MR) is 64.9 cm³/mol. The third-order valence-electron chi connectivity index (χ3n) is 2.14. The Balaban J connectivity index is 1.82. The zero-order valence-electron chi connectivity index (χ0n) is 9.63. The van der Waals surface area contributed by atoms with Gasteiger partial charge in [0.15, 0.2) is 5.13 Å². The minimum atomic E-state index is -4.31. The average molecular weight is 294 g/mol. The highest BCUT2D eigenvalue weighted by atomic mass is 32.1. The minimum Gasteiger partial charge on any atom is -0.370 e. The van der Waals surface area contributed by atoms with Gasteiger partial charge in [-0.3, -0.25) is 0 Å². The fourth-order valence-corrected chi connectivity index (χ4v) is 2.31. The molecule has 2 aromatic rings. The number of alkyl halides is 3. The Labute approximate surface area is 110 Å². The van der Waals surface area contributed by atoms with Crippen molar-refractivity contribution in [3.05, 3.63) is 24.0 Å². The molecule has 0 fully saturated rings. The number of rotatable bonds is 5. The SMILES string of the molecule is Fc1ccc2nc(NCCOCC(F)(F)F)sc2c1. The molecule has 0 saturated carbocycles. The molecule has 3 nitrogen and oxygen atoms in total. The van der Waals surface area contributed by atoms with Gasteiger partial charge in [0.25, 0.3) is 0 Å². The molecule has 104 valence electrons. The van der Waals surface area contributed by atoms with Gasteiger partial charge in [-0.1, -0.05) is 11.3 Å². The normalized spacial score (nSPS) is 12.0. The van der Waals surface area contributed by atoms with Gasteiger partial charge in [-0.25, -0.2) is 9.37 Å². The maximum atomic E-state index is 12.9. The summed E-state index contributed by atoms with van der Waals surface area (Å²) in [7, 11) is 0. The van der Waals surface area contributed by atoms with Crippen LogP contribution in [0, 0.1) is 5.82 Å². The van der Waals surface area contributed by atoms with Crippen LogP contribution in [0.2, 0.25) is 0 Å². The molecule has 1 aromatic heterocycles. The van der Waals surface area contributed by atoms with Crippen LogP contribution in [0.15, 0.2) is 18.2 Å². The summed E-state index contributed by atoms with van der Waals surface area (Å²) in [4.78, 5) is 4.16. The number of nitrogens with zero attached hydrogens (tertiary/aromatic N) is 1. The Morgan fingerprint density at radius 1 is 1.32 bits per heavy atom. The molecule has 1 N–H and O–H groups in total. The van der Waals surface area contributed by atoms with Crippen LogP contribution < -0.4 is 5.32 Å². The first-order chi connectivity index (χ1) is 8.94. The second-order valence-corrected chi connectivity index (χ2v) is 4.76. The van der Waals surface area contributed by atoms with Crippen molar-refractivity contribution < 1.29 is 22.3 Å².